The largest absolute Gasteiger partial charge is 0.314 e. The first-order valence-corrected chi connectivity index (χ1v) is 7.14. The summed E-state index contributed by atoms with van der Waals surface area (Å²) in [6.07, 6.45) is 3.51. The second-order valence-corrected chi connectivity index (χ2v) is 5.65. The number of piperazine rings is 1. The number of rotatable bonds is 4. The Bertz CT molecular complexity index is 449. The summed E-state index contributed by atoms with van der Waals surface area (Å²) < 4.78 is 27.1. The lowest BCUT2D eigenvalue weighted by Gasteiger charge is -2.35. The predicted molar refractivity (Wildman–Crippen MR) is 85.4 cm³/mol. The van der Waals surface area contributed by atoms with Gasteiger partial charge < -0.3 is 5.32 Å². The number of hydrogen-bond acceptors (Lipinski definition) is 2. The van der Waals surface area contributed by atoms with E-state index < -0.39 is 11.6 Å². The van der Waals surface area contributed by atoms with Gasteiger partial charge in [0.25, 0.3) is 0 Å². The summed E-state index contributed by atoms with van der Waals surface area (Å²) in [5, 5.41) is 3.32. The molecule has 0 amide bonds. The molecule has 1 aliphatic carbocycles. The average Bonchev–Trinajstić information content (AvgIpc) is 3.22. The summed E-state index contributed by atoms with van der Waals surface area (Å²) in [7, 11) is 0. The fourth-order valence-electron chi connectivity index (χ4n) is 2.91. The second-order valence-electron chi connectivity index (χ2n) is 5.65. The Morgan fingerprint density at radius 1 is 1.14 bits per heavy atom. The molecule has 0 unspecified atom stereocenters. The van der Waals surface area contributed by atoms with E-state index in [1.54, 1.807) is 6.07 Å². The monoisotopic (exact) mass is 338 g/mol. The van der Waals surface area contributed by atoms with Crippen LogP contribution in [0.25, 0.3) is 0 Å². The molecule has 0 spiro atoms. The topological polar surface area (TPSA) is 15.3 Å². The minimum absolute atomic E-state index is 0. The molecular weight excluding hydrogens is 317 g/mol. The Morgan fingerprint density at radius 3 is 2.38 bits per heavy atom. The van der Waals surface area contributed by atoms with E-state index in [1.165, 1.54) is 18.9 Å². The van der Waals surface area contributed by atoms with Crippen LogP contribution in [-0.2, 0) is 0 Å². The van der Waals surface area contributed by atoms with Gasteiger partial charge in [-0.15, -0.1) is 24.8 Å². The van der Waals surface area contributed by atoms with Crippen molar-refractivity contribution in [1.82, 2.24) is 10.2 Å². The number of hydrogen-bond donors (Lipinski definition) is 1. The van der Waals surface area contributed by atoms with Crippen molar-refractivity contribution in [3.05, 3.63) is 35.4 Å². The summed E-state index contributed by atoms with van der Waals surface area (Å²) in [6, 6.07) is 4.12. The van der Waals surface area contributed by atoms with Crippen molar-refractivity contribution in [3.63, 3.8) is 0 Å². The van der Waals surface area contributed by atoms with Crippen LogP contribution >= 0.6 is 24.8 Å². The molecule has 120 valence electrons. The molecule has 2 nitrogen and oxygen atoms in total. The van der Waals surface area contributed by atoms with E-state index in [0.29, 0.717) is 5.56 Å². The van der Waals surface area contributed by atoms with Gasteiger partial charge in [-0.25, -0.2) is 8.78 Å². The SMILES string of the molecule is Cl.Cl.Fc1ccc([C@@H](CC2CC2)N2CCNCC2)c(F)c1. The Kier molecular flexibility index (Phi) is 7.34. The van der Waals surface area contributed by atoms with Crippen LogP contribution in [0.4, 0.5) is 8.78 Å². The minimum Gasteiger partial charge on any atom is -0.314 e. The molecule has 2 fully saturated rings. The smallest absolute Gasteiger partial charge is 0.130 e. The van der Waals surface area contributed by atoms with Gasteiger partial charge in [-0.05, 0) is 18.4 Å². The fraction of sp³-hybridized carbons (Fsp3) is 0.600. The zero-order valence-electron chi connectivity index (χ0n) is 11.9. The van der Waals surface area contributed by atoms with Crippen molar-refractivity contribution in [1.29, 1.82) is 0 Å². The first-order chi connectivity index (χ1) is 9.24. The summed E-state index contributed by atoms with van der Waals surface area (Å²) in [5.41, 5.74) is 0.662. The van der Waals surface area contributed by atoms with Crippen molar-refractivity contribution in [3.8, 4) is 0 Å². The van der Waals surface area contributed by atoms with Gasteiger partial charge in [0.15, 0.2) is 0 Å². The highest BCUT2D eigenvalue weighted by Crippen LogP contribution is 2.40. The lowest BCUT2D eigenvalue weighted by Crippen LogP contribution is -2.45. The first kappa shape index (κ1) is 18.6. The lowest BCUT2D eigenvalue weighted by molar-refractivity contribution is 0.157. The van der Waals surface area contributed by atoms with Crippen LogP contribution < -0.4 is 5.32 Å². The van der Waals surface area contributed by atoms with Gasteiger partial charge in [-0.2, -0.15) is 0 Å². The molecule has 3 rings (SSSR count). The molecule has 21 heavy (non-hydrogen) atoms. The van der Waals surface area contributed by atoms with Gasteiger partial charge in [0, 0.05) is 43.9 Å². The Balaban J connectivity index is 0.00000110. The third-order valence-electron chi connectivity index (χ3n) is 4.17. The summed E-state index contributed by atoms with van der Waals surface area (Å²) in [4.78, 5) is 2.34. The molecule has 1 atom stereocenters. The molecule has 1 heterocycles. The molecule has 1 aromatic rings. The summed E-state index contributed by atoms with van der Waals surface area (Å²) in [5.74, 6) is -0.166. The molecular formula is C15H22Cl2F2N2. The van der Waals surface area contributed by atoms with Crippen molar-refractivity contribution in [2.75, 3.05) is 26.2 Å². The maximum Gasteiger partial charge on any atom is 0.130 e. The van der Waals surface area contributed by atoms with E-state index in [4.69, 9.17) is 0 Å². The number of nitrogens with one attached hydrogen (secondary N) is 1. The number of halogens is 4. The van der Waals surface area contributed by atoms with Gasteiger partial charge >= 0.3 is 0 Å². The van der Waals surface area contributed by atoms with E-state index in [9.17, 15) is 8.78 Å². The summed E-state index contributed by atoms with van der Waals surface area (Å²) in [6.45, 7) is 3.77. The normalized spacial score (nSPS) is 20.3. The Labute approximate surface area is 137 Å². The van der Waals surface area contributed by atoms with Crippen molar-refractivity contribution in [2.45, 2.75) is 25.3 Å². The molecule has 6 heteroatoms. The van der Waals surface area contributed by atoms with E-state index in [1.807, 2.05) is 0 Å². The maximum atomic E-state index is 14.0. The maximum absolute atomic E-state index is 14.0. The van der Waals surface area contributed by atoms with Gasteiger partial charge in [0.1, 0.15) is 11.6 Å². The Morgan fingerprint density at radius 2 is 1.81 bits per heavy atom. The van der Waals surface area contributed by atoms with Crippen molar-refractivity contribution in [2.24, 2.45) is 5.92 Å². The van der Waals surface area contributed by atoms with E-state index in [0.717, 1.165) is 44.6 Å². The highest BCUT2D eigenvalue weighted by atomic mass is 35.5. The quantitative estimate of drug-likeness (QED) is 0.902. The van der Waals surface area contributed by atoms with E-state index >= 15 is 0 Å². The van der Waals surface area contributed by atoms with Crippen LogP contribution in [0, 0.1) is 17.6 Å². The van der Waals surface area contributed by atoms with Crippen LogP contribution in [0.3, 0.4) is 0 Å². The summed E-state index contributed by atoms with van der Waals surface area (Å²) >= 11 is 0. The number of benzene rings is 1. The standard InChI is InChI=1S/C15H20F2N2.2ClH/c16-12-3-4-13(14(17)10-12)15(9-11-1-2-11)19-7-5-18-6-8-19;;/h3-4,10-11,15,18H,1-2,5-9H2;2*1H/t15-;;/m1../s1. The van der Waals surface area contributed by atoms with Gasteiger partial charge in [0.2, 0.25) is 0 Å². The van der Waals surface area contributed by atoms with E-state index in [-0.39, 0.29) is 30.9 Å². The molecule has 0 radical (unpaired) electrons. The van der Waals surface area contributed by atoms with Crippen molar-refractivity contribution < 1.29 is 8.78 Å². The molecule has 1 saturated carbocycles. The molecule has 1 N–H and O–H groups in total. The lowest BCUT2D eigenvalue weighted by atomic mass is 9.98. The van der Waals surface area contributed by atoms with Crippen LogP contribution in [0.15, 0.2) is 18.2 Å². The highest BCUT2D eigenvalue weighted by molar-refractivity contribution is 5.85. The van der Waals surface area contributed by atoms with Crippen LogP contribution in [0.1, 0.15) is 30.9 Å². The molecule has 0 aromatic heterocycles. The van der Waals surface area contributed by atoms with Crippen molar-refractivity contribution >= 4 is 24.8 Å². The first-order valence-electron chi connectivity index (χ1n) is 7.14. The third kappa shape index (κ3) is 4.78. The van der Waals surface area contributed by atoms with Gasteiger partial charge in [-0.1, -0.05) is 18.9 Å². The second kappa shape index (κ2) is 8.28. The molecule has 2 aliphatic rings. The van der Waals surface area contributed by atoms with Gasteiger partial charge in [0.05, 0.1) is 0 Å². The Hall–Kier alpha value is -0.420. The van der Waals surface area contributed by atoms with Gasteiger partial charge in [-0.3, -0.25) is 4.90 Å². The van der Waals surface area contributed by atoms with Crippen LogP contribution in [-0.4, -0.2) is 31.1 Å². The molecule has 0 bridgehead atoms. The number of nitrogens with zero attached hydrogens (tertiary/aromatic N) is 1. The van der Waals surface area contributed by atoms with E-state index in [2.05, 4.69) is 10.2 Å². The van der Waals surface area contributed by atoms with Crippen LogP contribution in [0.2, 0.25) is 0 Å². The fourth-order valence-corrected chi connectivity index (χ4v) is 2.91. The third-order valence-corrected chi connectivity index (χ3v) is 4.17. The molecule has 1 aliphatic heterocycles. The average molecular weight is 339 g/mol. The zero-order chi connectivity index (χ0) is 13.2. The zero-order valence-corrected chi connectivity index (χ0v) is 13.5. The minimum atomic E-state index is -0.494. The molecule has 1 saturated heterocycles. The highest BCUT2D eigenvalue weighted by Gasteiger charge is 2.31. The predicted octanol–water partition coefficient (Wildman–Crippen LogP) is 3.55. The van der Waals surface area contributed by atoms with Crippen LogP contribution in [0.5, 0.6) is 0 Å². The molecule has 1 aromatic carbocycles.